The fourth-order valence-electron chi connectivity index (χ4n) is 2.85. The molecule has 0 fully saturated rings. The van der Waals surface area contributed by atoms with E-state index < -0.39 is 5.67 Å². The molecule has 1 aliphatic heterocycles. The maximum Gasteiger partial charge on any atom is 0.255 e. The Morgan fingerprint density at radius 1 is 1.61 bits per heavy atom. The third-order valence-electron chi connectivity index (χ3n) is 5.06. The minimum Gasteiger partial charge on any atom is -0.476 e. The van der Waals surface area contributed by atoms with Gasteiger partial charge in [0.15, 0.2) is 5.88 Å². The van der Waals surface area contributed by atoms with Gasteiger partial charge in [-0.1, -0.05) is 18.5 Å². The Balaban J connectivity index is 2.19. The summed E-state index contributed by atoms with van der Waals surface area (Å²) in [5, 5.41) is 3.45. The minimum absolute atomic E-state index is 0.102. The number of halogens is 2. The molecule has 6 nitrogen and oxygen atoms in total. The van der Waals surface area contributed by atoms with E-state index in [1.165, 1.54) is 13.1 Å². The summed E-state index contributed by atoms with van der Waals surface area (Å²) in [6.07, 6.45) is 3.67. The molecule has 1 amide bonds. The van der Waals surface area contributed by atoms with Gasteiger partial charge in [-0.25, -0.2) is 9.37 Å². The number of carbonyl (C=O) groups excluding carboxylic acids is 1. The van der Waals surface area contributed by atoms with Gasteiger partial charge in [0.25, 0.3) is 5.91 Å². The molecule has 0 bridgehead atoms. The van der Waals surface area contributed by atoms with Crippen molar-refractivity contribution in [2.24, 2.45) is 5.73 Å². The van der Waals surface area contributed by atoms with Crippen molar-refractivity contribution in [1.82, 2.24) is 15.2 Å². The Morgan fingerprint density at radius 3 is 2.86 bits per heavy atom. The Labute approximate surface area is 170 Å². The van der Waals surface area contributed by atoms with Crippen LogP contribution < -0.4 is 11.1 Å². The summed E-state index contributed by atoms with van der Waals surface area (Å²) < 4.78 is 19.4. The van der Waals surface area contributed by atoms with Gasteiger partial charge in [0.2, 0.25) is 0 Å². The van der Waals surface area contributed by atoms with Gasteiger partial charge in [0.05, 0.1) is 12.6 Å². The summed E-state index contributed by atoms with van der Waals surface area (Å²) in [7, 11) is 1.77. The highest BCUT2D eigenvalue weighted by Gasteiger charge is 2.33. The Hall–Kier alpha value is -2.28. The van der Waals surface area contributed by atoms with Crippen molar-refractivity contribution in [3.8, 4) is 0 Å². The highest BCUT2D eigenvalue weighted by Crippen LogP contribution is 2.30. The van der Waals surface area contributed by atoms with Crippen LogP contribution in [0, 0.1) is 0 Å². The van der Waals surface area contributed by atoms with Gasteiger partial charge in [0.1, 0.15) is 17.4 Å². The van der Waals surface area contributed by atoms with Crippen molar-refractivity contribution in [3.05, 3.63) is 51.8 Å². The van der Waals surface area contributed by atoms with Crippen LogP contribution in [0.1, 0.15) is 50.0 Å². The first-order valence-corrected chi connectivity index (χ1v) is 9.60. The van der Waals surface area contributed by atoms with Crippen LogP contribution in [0.15, 0.2) is 35.5 Å². The van der Waals surface area contributed by atoms with Gasteiger partial charge in [-0.05, 0) is 39.3 Å². The molecule has 1 aromatic heterocycles. The van der Waals surface area contributed by atoms with E-state index in [0.717, 1.165) is 11.3 Å². The molecule has 0 saturated heterocycles. The SMILES string of the molecule is CCC(C)(F)CO/C(N)=C(C)/C=C(\NC)C(C)N1Cc2c(ccnc2Cl)C1=O. The van der Waals surface area contributed by atoms with Crippen molar-refractivity contribution < 1.29 is 13.9 Å². The zero-order valence-corrected chi connectivity index (χ0v) is 17.7. The van der Waals surface area contributed by atoms with Gasteiger partial charge >= 0.3 is 0 Å². The number of amides is 1. The standard InChI is InChI=1S/C20H28ClFN4O2/c1-6-20(4,22)11-28-18(23)12(2)9-16(24-5)13(3)26-10-15-14(19(26)27)7-8-25-17(15)21/h7-9,13,24H,6,10-11,23H2,1-5H3/b16-9-,18-12+. The van der Waals surface area contributed by atoms with E-state index in [9.17, 15) is 9.18 Å². The van der Waals surface area contributed by atoms with Crippen molar-refractivity contribution >= 4 is 17.5 Å². The molecule has 2 rings (SSSR count). The molecule has 154 valence electrons. The second-order valence-corrected chi connectivity index (χ2v) is 7.55. The summed E-state index contributed by atoms with van der Waals surface area (Å²) in [5.74, 6) is 0.0514. The molecule has 0 aromatic carbocycles. The fraction of sp³-hybridized carbons (Fsp3) is 0.500. The van der Waals surface area contributed by atoms with Gasteiger partial charge < -0.3 is 20.7 Å². The minimum atomic E-state index is -1.44. The number of nitrogens with one attached hydrogen (secondary N) is 1. The summed E-state index contributed by atoms with van der Waals surface area (Å²) >= 11 is 6.14. The fourth-order valence-corrected chi connectivity index (χ4v) is 3.06. The predicted molar refractivity (Wildman–Crippen MR) is 108 cm³/mol. The van der Waals surface area contributed by atoms with Crippen molar-refractivity contribution in [3.63, 3.8) is 0 Å². The van der Waals surface area contributed by atoms with E-state index in [0.29, 0.717) is 29.3 Å². The van der Waals surface area contributed by atoms with Crippen LogP contribution in [0.25, 0.3) is 0 Å². The van der Waals surface area contributed by atoms with Gasteiger partial charge in [-0.3, -0.25) is 4.79 Å². The Bertz CT molecular complexity index is 807. The van der Waals surface area contributed by atoms with Crippen LogP contribution in [0.3, 0.4) is 0 Å². The molecule has 2 atom stereocenters. The normalized spacial score (nSPS) is 18.3. The molecular formula is C20H28ClFN4O2. The molecule has 2 heterocycles. The smallest absolute Gasteiger partial charge is 0.255 e. The summed E-state index contributed by atoms with van der Waals surface area (Å²) in [5.41, 5.74) is 7.24. The third-order valence-corrected chi connectivity index (χ3v) is 5.38. The molecule has 2 unspecified atom stereocenters. The molecule has 3 N–H and O–H groups in total. The number of hydrogen-bond donors (Lipinski definition) is 2. The number of nitrogens with zero attached hydrogens (tertiary/aromatic N) is 2. The first kappa shape index (κ1) is 22.0. The van der Waals surface area contributed by atoms with E-state index in [1.807, 2.05) is 6.92 Å². The van der Waals surface area contributed by atoms with Crippen LogP contribution in [0.2, 0.25) is 5.15 Å². The van der Waals surface area contributed by atoms with Gasteiger partial charge in [0, 0.05) is 35.6 Å². The van der Waals surface area contributed by atoms with E-state index >= 15 is 0 Å². The summed E-state index contributed by atoms with van der Waals surface area (Å²) in [6.45, 7) is 7.19. The maximum absolute atomic E-state index is 14.0. The number of fused-ring (bicyclic) bond motifs is 1. The monoisotopic (exact) mass is 410 g/mol. The number of carbonyl (C=O) groups is 1. The number of ether oxygens (including phenoxy) is 1. The second-order valence-electron chi connectivity index (χ2n) is 7.19. The number of likely N-dealkylation sites (N-methyl/N-ethyl adjacent to an activating group) is 1. The molecule has 1 aromatic rings. The first-order chi connectivity index (χ1) is 13.1. The molecule has 28 heavy (non-hydrogen) atoms. The van der Waals surface area contributed by atoms with Crippen molar-refractivity contribution in [2.75, 3.05) is 13.7 Å². The average Bonchev–Trinajstić information content (AvgIpc) is 3.01. The van der Waals surface area contributed by atoms with E-state index in [-0.39, 0.29) is 24.4 Å². The number of pyridine rings is 1. The number of allylic oxidation sites excluding steroid dienone is 2. The van der Waals surface area contributed by atoms with E-state index in [2.05, 4.69) is 10.3 Å². The third kappa shape index (κ3) is 4.76. The quantitative estimate of drug-likeness (QED) is 0.389. The lowest BCUT2D eigenvalue weighted by Crippen LogP contribution is -2.38. The molecule has 8 heteroatoms. The molecule has 0 radical (unpaired) electrons. The topological polar surface area (TPSA) is 80.5 Å². The summed E-state index contributed by atoms with van der Waals surface area (Å²) in [4.78, 5) is 18.5. The van der Waals surface area contributed by atoms with Gasteiger partial charge in [-0.15, -0.1) is 0 Å². The highest BCUT2D eigenvalue weighted by molar-refractivity contribution is 6.30. The molecule has 1 aliphatic rings. The number of rotatable bonds is 8. The average molecular weight is 411 g/mol. The predicted octanol–water partition coefficient (Wildman–Crippen LogP) is 3.53. The van der Waals surface area contributed by atoms with Crippen LogP contribution in [-0.2, 0) is 11.3 Å². The molecule has 0 saturated carbocycles. The molecular weight excluding hydrogens is 383 g/mol. The van der Waals surface area contributed by atoms with Crippen molar-refractivity contribution in [1.29, 1.82) is 0 Å². The van der Waals surface area contributed by atoms with Crippen LogP contribution in [-0.4, -0.2) is 41.2 Å². The Kier molecular flexibility index (Phi) is 6.93. The number of aromatic nitrogens is 1. The number of nitrogens with two attached hydrogens (primary N) is 1. The van der Waals surface area contributed by atoms with E-state index in [1.54, 1.807) is 37.9 Å². The van der Waals surface area contributed by atoms with Crippen molar-refractivity contribution in [2.45, 2.75) is 52.4 Å². The van der Waals surface area contributed by atoms with Gasteiger partial charge in [-0.2, -0.15) is 0 Å². The lowest BCUT2D eigenvalue weighted by atomic mass is 10.1. The second kappa shape index (κ2) is 8.82. The molecule has 0 aliphatic carbocycles. The van der Waals surface area contributed by atoms with Crippen LogP contribution >= 0.6 is 11.6 Å². The largest absolute Gasteiger partial charge is 0.476 e. The molecule has 0 spiro atoms. The lowest BCUT2D eigenvalue weighted by Gasteiger charge is -2.27. The zero-order chi connectivity index (χ0) is 21.1. The highest BCUT2D eigenvalue weighted by atomic mass is 35.5. The maximum atomic E-state index is 14.0. The zero-order valence-electron chi connectivity index (χ0n) is 17.0. The summed E-state index contributed by atoms with van der Waals surface area (Å²) in [6, 6.07) is 1.42. The first-order valence-electron chi connectivity index (χ1n) is 9.23. The number of alkyl halides is 1. The Morgan fingerprint density at radius 2 is 2.29 bits per heavy atom. The van der Waals surface area contributed by atoms with E-state index in [4.69, 9.17) is 22.1 Å². The lowest BCUT2D eigenvalue weighted by molar-refractivity contribution is 0.0573. The number of hydrogen-bond acceptors (Lipinski definition) is 5. The van der Waals surface area contributed by atoms with Crippen LogP contribution in [0.4, 0.5) is 4.39 Å². The van der Waals surface area contributed by atoms with Crippen LogP contribution in [0.5, 0.6) is 0 Å².